The summed E-state index contributed by atoms with van der Waals surface area (Å²) in [5.74, 6) is 0.167. The maximum absolute atomic E-state index is 10.9. The number of hydrogen-bond acceptors (Lipinski definition) is 4. The number of ether oxygens (including phenoxy) is 1. The molecule has 0 aliphatic rings. The molecule has 0 rings (SSSR count). The van der Waals surface area contributed by atoms with Crippen LogP contribution in [-0.4, -0.2) is 64.6 Å². The van der Waals surface area contributed by atoms with Crippen LogP contribution in [0.15, 0.2) is 0 Å². The third-order valence-electron chi connectivity index (χ3n) is 1.70. The summed E-state index contributed by atoms with van der Waals surface area (Å²) < 4.78 is 26.6. The number of alkyl halides is 1. The molecule has 0 N–H and O–H groups in total. The van der Waals surface area contributed by atoms with Crippen LogP contribution in [0.4, 0.5) is 0 Å². The van der Waals surface area contributed by atoms with E-state index in [0.717, 1.165) is 0 Å². The third kappa shape index (κ3) is 8.74. The van der Waals surface area contributed by atoms with E-state index in [4.69, 9.17) is 16.3 Å². The quantitative estimate of drug-likeness (QED) is 0.600. The Morgan fingerprint density at radius 3 is 2.50 bits per heavy atom. The average Bonchev–Trinajstić information content (AvgIpc) is 2.00. The molecule has 86 valence electrons. The number of nitrogens with zero attached hydrogens (tertiary/aromatic N) is 1. The van der Waals surface area contributed by atoms with Gasteiger partial charge in [0, 0.05) is 26.5 Å². The second-order valence-corrected chi connectivity index (χ2v) is 6.32. The molecular formula is C8H18ClNO3S. The van der Waals surface area contributed by atoms with Gasteiger partial charge in [0.25, 0.3) is 0 Å². The van der Waals surface area contributed by atoms with Gasteiger partial charge in [0.05, 0.1) is 17.7 Å². The molecule has 14 heavy (non-hydrogen) atoms. The predicted molar refractivity (Wildman–Crippen MR) is 58.7 cm³/mol. The van der Waals surface area contributed by atoms with Crippen LogP contribution in [0, 0.1) is 0 Å². The maximum Gasteiger partial charge on any atom is 0.148 e. The van der Waals surface area contributed by atoms with Gasteiger partial charge in [-0.3, -0.25) is 0 Å². The predicted octanol–water partition coefficient (Wildman–Crippen LogP) is 0.217. The molecule has 0 aromatic rings. The van der Waals surface area contributed by atoms with E-state index in [0.29, 0.717) is 19.7 Å². The van der Waals surface area contributed by atoms with Crippen molar-refractivity contribution >= 4 is 21.4 Å². The molecule has 1 unspecified atom stereocenters. The van der Waals surface area contributed by atoms with Gasteiger partial charge in [0.1, 0.15) is 9.84 Å². The van der Waals surface area contributed by atoms with Crippen molar-refractivity contribution in [2.45, 2.75) is 5.38 Å². The lowest BCUT2D eigenvalue weighted by Gasteiger charge is -2.18. The molecule has 1 atom stereocenters. The molecule has 0 spiro atoms. The van der Waals surface area contributed by atoms with Crippen LogP contribution in [0.5, 0.6) is 0 Å². The van der Waals surface area contributed by atoms with E-state index in [-0.39, 0.29) is 11.1 Å². The van der Waals surface area contributed by atoms with Crippen LogP contribution in [0.1, 0.15) is 0 Å². The summed E-state index contributed by atoms with van der Waals surface area (Å²) >= 11 is 5.91. The molecule has 0 aromatic carbocycles. The fraction of sp³-hybridized carbons (Fsp3) is 1.00. The highest BCUT2D eigenvalue weighted by molar-refractivity contribution is 7.90. The number of methoxy groups -OCH3 is 1. The van der Waals surface area contributed by atoms with E-state index in [9.17, 15) is 8.42 Å². The van der Waals surface area contributed by atoms with Crippen molar-refractivity contribution in [1.82, 2.24) is 4.90 Å². The first-order chi connectivity index (χ1) is 6.35. The van der Waals surface area contributed by atoms with Gasteiger partial charge in [0.15, 0.2) is 0 Å². The molecule has 0 aliphatic carbocycles. The SMILES string of the molecule is COCC(Cl)CN(C)CCS(C)(=O)=O. The molecule has 6 heteroatoms. The second kappa shape index (κ2) is 6.61. The zero-order valence-electron chi connectivity index (χ0n) is 8.86. The van der Waals surface area contributed by atoms with Gasteiger partial charge in [-0.25, -0.2) is 8.42 Å². The first kappa shape index (κ1) is 14.2. The lowest BCUT2D eigenvalue weighted by Crippen LogP contribution is -2.32. The minimum Gasteiger partial charge on any atom is -0.383 e. The maximum atomic E-state index is 10.9. The van der Waals surface area contributed by atoms with Crippen LogP contribution in [0.3, 0.4) is 0 Å². The number of rotatable bonds is 7. The van der Waals surface area contributed by atoms with Gasteiger partial charge >= 0.3 is 0 Å². The Hall–Kier alpha value is 0.160. The molecule has 0 radical (unpaired) electrons. The van der Waals surface area contributed by atoms with Crippen molar-refractivity contribution in [1.29, 1.82) is 0 Å². The third-order valence-corrected chi connectivity index (χ3v) is 2.89. The van der Waals surface area contributed by atoms with Crippen LogP contribution in [0.25, 0.3) is 0 Å². The second-order valence-electron chi connectivity index (χ2n) is 3.44. The monoisotopic (exact) mass is 243 g/mol. The summed E-state index contributed by atoms with van der Waals surface area (Å²) in [6.45, 7) is 1.61. The lowest BCUT2D eigenvalue weighted by molar-refractivity contribution is 0.184. The number of sulfone groups is 1. The summed E-state index contributed by atoms with van der Waals surface area (Å²) in [5.41, 5.74) is 0. The topological polar surface area (TPSA) is 46.6 Å². The fourth-order valence-electron chi connectivity index (χ4n) is 0.985. The van der Waals surface area contributed by atoms with Crippen LogP contribution in [-0.2, 0) is 14.6 Å². The Bertz CT molecular complexity index is 243. The van der Waals surface area contributed by atoms with Crippen molar-refractivity contribution in [3.05, 3.63) is 0 Å². The Kier molecular flexibility index (Phi) is 6.68. The largest absolute Gasteiger partial charge is 0.383 e. The number of halogens is 1. The van der Waals surface area contributed by atoms with Crippen molar-refractivity contribution in [3.8, 4) is 0 Å². The zero-order valence-corrected chi connectivity index (χ0v) is 10.4. The van der Waals surface area contributed by atoms with Crippen LogP contribution in [0.2, 0.25) is 0 Å². The molecular weight excluding hydrogens is 226 g/mol. The highest BCUT2D eigenvalue weighted by Crippen LogP contribution is 1.99. The van der Waals surface area contributed by atoms with E-state index >= 15 is 0 Å². The summed E-state index contributed by atoms with van der Waals surface area (Å²) in [7, 11) is 0.549. The smallest absolute Gasteiger partial charge is 0.148 e. The first-order valence-electron chi connectivity index (χ1n) is 4.34. The summed E-state index contributed by atoms with van der Waals surface area (Å²) in [5, 5.41) is -0.0930. The Morgan fingerprint density at radius 2 is 2.07 bits per heavy atom. The van der Waals surface area contributed by atoms with Gasteiger partial charge < -0.3 is 9.64 Å². The van der Waals surface area contributed by atoms with Gasteiger partial charge in [-0.15, -0.1) is 11.6 Å². The summed E-state index contributed by atoms with van der Waals surface area (Å²) in [6, 6.07) is 0. The zero-order chi connectivity index (χ0) is 11.2. The normalized spacial score (nSPS) is 14.6. The first-order valence-corrected chi connectivity index (χ1v) is 6.84. The van der Waals surface area contributed by atoms with E-state index < -0.39 is 9.84 Å². The van der Waals surface area contributed by atoms with E-state index in [2.05, 4.69) is 0 Å². The minimum atomic E-state index is -2.88. The molecule has 0 amide bonds. The molecule has 0 bridgehead atoms. The molecule has 0 saturated heterocycles. The van der Waals surface area contributed by atoms with Crippen LogP contribution >= 0.6 is 11.6 Å². The van der Waals surface area contributed by atoms with Crippen LogP contribution < -0.4 is 0 Å². The Labute approximate surface area is 91.1 Å². The summed E-state index contributed by atoms with van der Waals surface area (Å²) in [4.78, 5) is 1.89. The molecule has 0 aromatic heterocycles. The minimum absolute atomic E-state index is 0.0930. The van der Waals surface area contributed by atoms with Crippen molar-refractivity contribution in [3.63, 3.8) is 0 Å². The Balaban J connectivity index is 3.70. The molecule has 0 heterocycles. The van der Waals surface area contributed by atoms with Gasteiger partial charge in [-0.1, -0.05) is 0 Å². The van der Waals surface area contributed by atoms with E-state index in [1.165, 1.54) is 6.26 Å². The molecule has 4 nitrogen and oxygen atoms in total. The Morgan fingerprint density at radius 1 is 1.50 bits per heavy atom. The van der Waals surface area contributed by atoms with E-state index in [1.807, 2.05) is 11.9 Å². The van der Waals surface area contributed by atoms with Gasteiger partial charge in [-0.2, -0.15) is 0 Å². The molecule has 0 aliphatic heterocycles. The van der Waals surface area contributed by atoms with E-state index in [1.54, 1.807) is 7.11 Å². The highest BCUT2D eigenvalue weighted by atomic mass is 35.5. The fourth-order valence-corrected chi connectivity index (χ4v) is 1.99. The number of hydrogen-bond donors (Lipinski definition) is 0. The lowest BCUT2D eigenvalue weighted by atomic mass is 10.4. The van der Waals surface area contributed by atoms with Gasteiger partial charge in [0.2, 0.25) is 0 Å². The highest BCUT2D eigenvalue weighted by Gasteiger charge is 2.10. The van der Waals surface area contributed by atoms with Crippen molar-refractivity contribution in [2.24, 2.45) is 0 Å². The van der Waals surface area contributed by atoms with Crippen molar-refractivity contribution < 1.29 is 13.2 Å². The molecule has 0 saturated carbocycles. The molecule has 0 fully saturated rings. The van der Waals surface area contributed by atoms with Crippen molar-refractivity contribution in [2.75, 3.05) is 45.9 Å². The summed E-state index contributed by atoms with van der Waals surface area (Å²) in [6.07, 6.45) is 1.23. The standard InChI is InChI=1S/C8H18ClNO3S/c1-10(4-5-14(3,11)12)6-8(9)7-13-2/h8H,4-7H2,1-3H3. The van der Waals surface area contributed by atoms with Gasteiger partial charge in [-0.05, 0) is 7.05 Å². The average molecular weight is 244 g/mol.